The quantitative estimate of drug-likeness (QED) is 0.648. The van der Waals surface area contributed by atoms with Gasteiger partial charge in [-0.05, 0) is 66.6 Å². The maximum absolute atomic E-state index is 9.88. The lowest BCUT2D eigenvalue weighted by Crippen LogP contribution is -2.35. The number of allylic oxidation sites excluding steroid dienone is 1. The second-order valence-electron chi connectivity index (χ2n) is 7.67. The van der Waals surface area contributed by atoms with Crippen LogP contribution in [0, 0.1) is 11.3 Å². The first-order chi connectivity index (χ1) is 15.0. The maximum atomic E-state index is 9.88. The van der Waals surface area contributed by atoms with Crippen LogP contribution < -0.4 is 5.73 Å². The molecular weight excluding hydrogens is 422 g/mol. The smallest absolute Gasteiger partial charge is 0.205 e. The first-order valence-corrected chi connectivity index (χ1v) is 12.5. The van der Waals surface area contributed by atoms with Crippen molar-refractivity contribution in [2.75, 3.05) is 32.6 Å². The van der Waals surface area contributed by atoms with Gasteiger partial charge in [0, 0.05) is 28.5 Å². The molecule has 31 heavy (non-hydrogen) atoms. The Kier molecular flexibility index (Phi) is 6.47. The van der Waals surface area contributed by atoms with Crippen molar-refractivity contribution in [1.29, 1.82) is 5.26 Å². The van der Waals surface area contributed by atoms with Crippen molar-refractivity contribution < 1.29 is 4.74 Å². The van der Waals surface area contributed by atoms with Crippen LogP contribution in [0.1, 0.15) is 17.0 Å². The van der Waals surface area contributed by atoms with Crippen LogP contribution >= 0.6 is 23.5 Å². The average Bonchev–Trinajstić information content (AvgIpc) is 2.79. The minimum absolute atomic E-state index is 0.199. The highest BCUT2D eigenvalue weighted by atomic mass is 32.2. The molecule has 0 amide bonds. The molecule has 0 aliphatic carbocycles. The third-order valence-electron chi connectivity index (χ3n) is 5.60. The fourth-order valence-electron chi connectivity index (χ4n) is 4.12. The van der Waals surface area contributed by atoms with E-state index in [4.69, 9.17) is 10.5 Å². The number of likely N-dealkylation sites (N-methyl/N-ethyl adjacent to an activating group) is 1. The molecule has 2 aliphatic rings. The summed E-state index contributed by atoms with van der Waals surface area (Å²) in [6.45, 7) is 1.49. The second-order valence-corrected chi connectivity index (χ2v) is 9.43. The molecule has 0 saturated heterocycles. The number of thioether (sulfide) groups is 2. The second kappa shape index (κ2) is 9.27. The molecule has 0 aromatic heterocycles. The minimum atomic E-state index is -0.199. The molecule has 2 aromatic rings. The third kappa shape index (κ3) is 4.40. The van der Waals surface area contributed by atoms with Gasteiger partial charge < -0.3 is 10.5 Å². The van der Waals surface area contributed by atoms with Crippen molar-refractivity contribution >= 4 is 29.6 Å². The van der Waals surface area contributed by atoms with E-state index in [0.717, 1.165) is 41.1 Å². The minimum Gasteiger partial charge on any atom is -0.440 e. The van der Waals surface area contributed by atoms with Crippen molar-refractivity contribution in [2.45, 2.75) is 15.7 Å². The summed E-state index contributed by atoms with van der Waals surface area (Å²) in [6, 6.07) is 19.2. The highest BCUT2D eigenvalue weighted by Crippen LogP contribution is 2.43. The molecule has 0 bridgehead atoms. The number of rotatable bonds is 4. The lowest BCUT2D eigenvalue weighted by Gasteiger charge is -2.37. The normalized spacial score (nSPS) is 20.5. The summed E-state index contributed by atoms with van der Waals surface area (Å²) in [5.74, 6) is 0.811. The Morgan fingerprint density at radius 2 is 1.65 bits per heavy atom. The number of ether oxygens (including phenoxy) is 1. The molecule has 0 spiro atoms. The Morgan fingerprint density at radius 3 is 2.23 bits per heavy atom. The van der Waals surface area contributed by atoms with Crippen LogP contribution in [0.5, 0.6) is 0 Å². The molecule has 4 rings (SSSR count). The van der Waals surface area contributed by atoms with E-state index < -0.39 is 0 Å². The third-order valence-corrected chi connectivity index (χ3v) is 7.09. The lowest BCUT2D eigenvalue weighted by molar-refractivity contribution is 0.251. The SMILES string of the molecule is CSc1ccc(/C=C2\CN(C)CC3=C2OC(N)=C(C#N)[C@H]3c2ccc(SC)cc2)cc1. The number of nitrogens with zero attached hydrogens (tertiary/aromatic N) is 2. The number of hydrogen-bond acceptors (Lipinski definition) is 6. The van der Waals surface area contributed by atoms with Gasteiger partial charge in [0.25, 0.3) is 0 Å². The van der Waals surface area contributed by atoms with Crippen molar-refractivity contribution in [2.24, 2.45) is 5.73 Å². The summed E-state index contributed by atoms with van der Waals surface area (Å²) < 4.78 is 6.08. The Labute approximate surface area is 192 Å². The average molecular weight is 448 g/mol. The number of nitrogens with two attached hydrogens (primary N) is 1. The van der Waals surface area contributed by atoms with Crippen LogP contribution in [0.2, 0.25) is 0 Å². The Bertz CT molecular complexity index is 1110. The summed E-state index contributed by atoms with van der Waals surface area (Å²) in [6.07, 6.45) is 6.29. The summed E-state index contributed by atoms with van der Waals surface area (Å²) in [7, 11) is 2.09. The lowest BCUT2D eigenvalue weighted by atomic mass is 9.80. The molecule has 0 fully saturated rings. The molecule has 2 aliphatic heterocycles. The highest BCUT2D eigenvalue weighted by Gasteiger charge is 2.36. The molecule has 0 saturated carbocycles. The van der Waals surface area contributed by atoms with Crippen molar-refractivity contribution in [3.05, 3.63) is 88.0 Å². The van der Waals surface area contributed by atoms with E-state index in [0.29, 0.717) is 5.57 Å². The summed E-state index contributed by atoms with van der Waals surface area (Å²) in [4.78, 5) is 4.68. The van der Waals surface area contributed by atoms with E-state index in [1.54, 1.807) is 23.5 Å². The van der Waals surface area contributed by atoms with E-state index in [1.807, 2.05) is 0 Å². The zero-order valence-corrected chi connectivity index (χ0v) is 19.5. The standard InChI is InChI=1S/C25H25N3OS2/c1-28-14-18(12-16-4-8-19(30-2)9-5-16)24-22(15-28)23(21(13-26)25(27)29-24)17-6-10-20(31-3)11-7-17/h4-12,23H,14-15,27H2,1-3H3/b18-12+/t23-/m1/s1. The van der Waals surface area contributed by atoms with Gasteiger partial charge in [-0.2, -0.15) is 5.26 Å². The molecule has 158 valence electrons. The van der Waals surface area contributed by atoms with Crippen LogP contribution in [0.3, 0.4) is 0 Å². The van der Waals surface area contributed by atoms with Gasteiger partial charge in [0.15, 0.2) is 0 Å². The summed E-state index contributed by atoms with van der Waals surface area (Å²) >= 11 is 3.43. The number of hydrogen-bond donors (Lipinski definition) is 1. The molecule has 0 radical (unpaired) electrons. The van der Waals surface area contributed by atoms with Crippen molar-refractivity contribution in [3.8, 4) is 6.07 Å². The molecule has 2 aromatic carbocycles. The monoisotopic (exact) mass is 447 g/mol. The van der Waals surface area contributed by atoms with E-state index >= 15 is 0 Å². The van der Waals surface area contributed by atoms with Gasteiger partial charge in [-0.3, -0.25) is 4.90 Å². The van der Waals surface area contributed by atoms with Crippen molar-refractivity contribution in [3.63, 3.8) is 0 Å². The molecule has 1 atom stereocenters. The van der Waals surface area contributed by atoms with Gasteiger partial charge in [-0.15, -0.1) is 23.5 Å². The van der Waals surface area contributed by atoms with Gasteiger partial charge in [0.2, 0.25) is 5.88 Å². The Morgan fingerprint density at radius 1 is 1.03 bits per heavy atom. The zero-order valence-electron chi connectivity index (χ0n) is 17.9. The molecule has 0 unspecified atom stereocenters. The largest absolute Gasteiger partial charge is 0.440 e. The maximum Gasteiger partial charge on any atom is 0.205 e. The molecule has 2 N–H and O–H groups in total. The van der Waals surface area contributed by atoms with Gasteiger partial charge in [-0.25, -0.2) is 0 Å². The van der Waals surface area contributed by atoms with Gasteiger partial charge in [0.1, 0.15) is 17.4 Å². The molecular formula is C25H25N3OS2. The van der Waals surface area contributed by atoms with Crippen LogP contribution in [0.15, 0.2) is 86.7 Å². The first kappa shape index (κ1) is 21.6. The number of benzene rings is 2. The van der Waals surface area contributed by atoms with Crippen molar-refractivity contribution in [1.82, 2.24) is 4.90 Å². The molecule has 6 heteroatoms. The topological polar surface area (TPSA) is 62.3 Å². The van der Waals surface area contributed by atoms with Crippen LogP contribution in [0.4, 0.5) is 0 Å². The Hall–Kier alpha value is -2.59. The van der Waals surface area contributed by atoms with Gasteiger partial charge in [-0.1, -0.05) is 24.3 Å². The van der Waals surface area contributed by atoms with E-state index in [-0.39, 0.29) is 11.8 Å². The molecule has 2 heterocycles. The van der Waals surface area contributed by atoms with Crippen LogP contribution in [-0.2, 0) is 4.74 Å². The van der Waals surface area contributed by atoms with Crippen LogP contribution in [0.25, 0.3) is 6.08 Å². The van der Waals surface area contributed by atoms with E-state index in [2.05, 4.69) is 85.1 Å². The predicted molar refractivity (Wildman–Crippen MR) is 130 cm³/mol. The van der Waals surface area contributed by atoms with Gasteiger partial charge >= 0.3 is 0 Å². The van der Waals surface area contributed by atoms with E-state index in [1.165, 1.54) is 9.79 Å². The first-order valence-electron chi connectivity index (χ1n) is 10.0. The van der Waals surface area contributed by atoms with Crippen LogP contribution in [-0.4, -0.2) is 37.5 Å². The Balaban J connectivity index is 1.81. The number of nitriles is 1. The zero-order chi connectivity index (χ0) is 22.0. The molecule has 4 nitrogen and oxygen atoms in total. The summed E-state index contributed by atoms with van der Waals surface area (Å²) in [5.41, 5.74) is 11.1. The fraction of sp³-hybridized carbons (Fsp3) is 0.240. The fourth-order valence-corrected chi connectivity index (χ4v) is 4.94. The highest BCUT2D eigenvalue weighted by molar-refractivity contribution is 7.98. The van der Waals surface area contributed by atoms with E-state index in [9.17, 15) is 5.26 Å². The van der Waals surface area contributed by atoms with Gasteiger partial charge in [0.05, 0.1) is 5.92 Å². The predicted octanol–water partition coefficient (Wildman–Crippen LogP) is 5.22. The summed E-state index contributed by atoms with van der Waals surface area (Å²) in [5, 5.41) is 9.88.